The Hall–Kier alpha value is -0.870. The number of aromatic nitrogens is 2. The molecule has 86 valence electrons. The predicted molar refractivity (Wildman–Crippen MR) is 60.5 cm³/mol. The number of aryl methyl sites for hydroxylation is 1. The third kappa shape index (κ3) is 4.01. The molecule has 0 saturated carbocycles. The summed E-state index contributed by atoms with van der Waals surface area (Å²) in [6, 6.07) is 2.00. The highest BCUT2D eigenvalue weighted by Crippen LogP contribution is 2.18. The van der Waals surface area contributed by atoms with E-state index in [9.17, 15) is 5.11 Å². The van der Waals surface area contributed by atoms with Crippen LogP contribution in [0.5, 0.6) is 0 Å². The minimum atomic E-state index is -0.336. The van der Waals surface area contributed by atoms with Gasteiger partial charge in [0.25, 0.3) is 0 Å². The minimum absolute atomic E-state index is 0.0749. The van der Waals surface area contributed by atoms with Crippen LogP contribution in [0.25, 0.3) is 0 Å². The molecular weight excluding hydrogens is 190 g/mol. The molecule has 1 rings (SSSR count). The Balaban J connectivity index is 2.28. The van der Waals surface area contributed by atoms with Crippen LogP contribution in [0.2, 0.25) is 0 Å². The van der Waals surface area contributed by atoms with Gasteiger partial charge >= 0.3 is 0 Å². The monoisotopic (exact) mass is 211 g/mol. The van der Waals surface area contributed by atoms with Crippen molar-refractivity contribution in [1.29, 1.82) is 0 Å². The first-order valence-corrected chi connectivity index (χ1v) is 5.29. The standard InChI is InChI=1S/C11H21N3O/c1-8-5-9(14-13-8)6-12-7-10(15)11(2,3)4/h5,10,12,15H,6-7H2,1-4H3,(H,13,14). The molecule has 0 amide bonds. The first-order valence-electron chi connectivity index (χ1n) is 5.29. The van der Waals surface area contributed by atoms with E-state index >= 15 is 0 Å². The number of aliphatic hydroxyl groups is 1. The van der Waals surface area contributed by atoms with E-state index in [-0.39, 0.29) is 11.5 Å². The highest BCUT2D eigenvalue weighted by Gasteiger charge is 2.21. The summed E-state index contributed by atoms with van der Waals surface area (Å²) < 4.78 is 0. The number of nitrogens with one attached hydrogen (secondary N) is 2. The fourth-order valence-corrected chi connectivity index (χ4v) is 1.21. The van der Waals surface area contributed by atoms with Gasteiger partial charge in [-0.05, 0) is 18.4 Å². The van der Waals surface area contributed by atoms with Crippen molar-refractivity contribution in [2.24, 2.45) is 5.41 Å². The largest absolute Gasteiger partial charge is 0.391 e. The van der Waals surface area contributed by atoms with E-state index in [1.54, 1.807) is 0 Å². The maximum absolute atomic E-state index is 9.78. The van der Waals surface area contributed by atoms with Crippen molar-refractivity contribution in [2.45, 2.75) is 40.3 Å². The minimum Gasteiger partial charge on any atom is -0.391 e. The van der Waals surface area contributed by atoms with Crippen LogP contribution < -0.4 is 5.32 Å². The second kappa shape index (κ2) is 4.77. The normalized spacial score (nSPS) is 14.2. The third-order valence-electron chi connectivity index (χ3n) is 2.40. The number of rotatable bonds is 4. The molecule has 4 heteroatoms. The lowest BCUT2D eigenvalue weighted by atomic mass is 9.89. The maximum Gasteiger partial charge on any atom is 0.0762 e. The molecular formula is C11H21N3O. The summed E-state index contributed by atoms with van der Waals surface area (Å²) in [4.78, 5) is 0. The Bertz CT molecular complexity index is 301. The molecule has 4 nitrogen and oxygen atoms in total. The molecule has 0 aliphatic heterocycles. The van der Waals surface area contributed by atoms with Gasteiger partial charge in [-0.15, -0.1) is 0 Å². The lowest BCUT2D eigenvalue weighted by molar-refractivity contribution is 0.0627. The van der Waals surface area contributed by atoms with E-state index in [4.69, 9.17) is 0 Å². The Kier molecular flexibility index (Phi) is 3.88. The van der Waals surface area contributed by atoms with Crippen molar-refractivity contribution >= 4 is 0 Å². The zero-order valence-corrected chi connectivity index (χ0v) is 9.96. The van der Waals surface area contributed by atoms with Gasteiger partial charge < -0.3 is 10.4 Å². The van der Waals surface area contributed by atoms with Crippen molar-refractivity contribution in [3.63, 3.8) is 0 Å². The molecule has 0 saturated heterocycles. The summed E-state index contributed by atoms with van der Waals surface area (Å²) in [7, 11) is 0. The van der Waals surface area contributed by atoms with Crippen molar-refractivity contribution in [3.8, 4) is 0 Å². The summed E-state index contributed by atoms with van der Waals surface area (Å²) in [6.45, 7) is 9.33. The van der Waals surface area contributed by atoms with Gasteiger partial charge in [-0.2, -0.15) is 5.10 Å². The number of hydrogen-bond acceptors (Lipinski definition) is 3. The van der Waals surface area contributed by atoms with Gasteiger partial charge in [0, 0.05) is 18.8 Å². The van der Waals surface area contributed by atoms with Crippen LogP contribution in [-0.4, -0.2) is 28.0 Å². The summed E-state index contributed by atoms with van der Waals surface area (Å²) in [5.41, 5.74) is 1.96. The molecule has 0 fully saturated rings. The van der Waals surface area contributed by atoms with Gasteiger partial charge in [-0.25, -0.2) is 0 Å². The number of hydrogen-bond donors (Lipinski definition) is 3. The van der Waals surface area contributed by atoms with E-state index in [1.165, 1.54) is 0 Å². The van der Waals surface area contributed by atoms with Crippen LogP contribution in [0.3, 0.4) is 0 Å². The smallest absolute Gasteiger partial charge is 0.0762 e. The number of aliphatic hydroxyl groups excluding tert-OH is 1. The highest BCUT2D eigenvalue weighted by atomic mass is 16.3. The molecule has 0 aliphatic carbocycles. The average molecular weight is 211 g/mol. The Morgan fingerprint density at radius 1 is 1.53 bits per heavy atom. The summed E-state index contributed by atoms with van der Waals surface area (Å²) in [6.07, 6.45) is -0.336. The second-order valence-electron chi connectivity index (χ2n) is 5.06. The van der Waals surface area contributed by atoms with Crippen molar-refractivity contribution < 1.29 is 5.11 Å². The van der Waals surface area contributed by atoms with Crippen molar-refractivity contribution in [1.82, 2.24) is 15.5 Å². The highest BCUT2D eigenvalue weighted by molar-refractivity contribution is 5.06. The van der Waals surface area contributed by atoms with Gasteiger partial charge in [-0.3, -0.25) is 5.10 Å². The zero-order chi connectivity index (χ0) is 11.5. The van der Waals surface area contributed by atoms with Crippen LogP contribution in [0.15, 0.2) is 6.07 Å². The van der Waals surface area contributed by atoms with Gasteiger partial charge in [0.05, 0.1) is 11.8 Å². The van der Waals surface area contributed by atoms with Gasteiger partial charge in [0.1, 0.15) is 0 Å². The molecule has 3 N–H and O–H groups in total. The van der Waals surface area contributed by atoms with E-state index in [1.807, 2.05) is 33.8 Å². The molecule has 1 atom stereocenters. The molecule has 1 aromatic heterocycles. The lowest BCUT2D eigenvalue weighted by Gasteiger charge is -2.25. The van der Waals surface area contributed by atoms with E-state index in [0.717, 1.165) is 11.4 Å². The summed E-state index contributed by atoms with van der Waals surface area (Å²) in [5, 5.41) is 20.0. The average Bonchev–Trinajstić information content (AvgIpc) is 2.49. The molecule has 0 spiro atoms. The Labute approximate surface area is 91.1 Å². The molecule has 0 radical (unpaired) electrons. The first-order chi connectivity index (χ1) is 6.89. The first kappa shape index (κ1) is 12.2. The van der Waals surface area contributed by atoms with Crippen LogP contribution in [-0.2, 0) is 6.54 Å². The van der Waals surface area contributed by atoms with Crippen molar-refractivity contribution in [2.75, 3.05) is 6.54 Å². The quantitative estimate of drug-likeness (QED) is 0.701. The zero-order valence-electron chi connectivity index (χ0n) is 9.96. The van der Waals surface area contributed by atoms with Crippen LogP contribution in [0.4, 0.5) is 0 Å². The molecule has 1 aromatic rings. The fraction of sp³-hybridized carbons (Fsp3) is 0.727. The molecule has 1 heterocycles. The number of aromatic amines is 1. The molecule has 0 aliphatic rings. The van der Waals surface area contributed by atoms with Crippen LogP contribution in [0, 0.1) is 12.3 Å². The molecule has 0 bridgehead atoms. The SMILES string of the molecule is Cc1cc(CNCC(O)C(C)(C)C)n[nH]1. The molecule has 0 aromatic carbocycles. The van der Waals surface area contributed by atoms with E-state index in [2.05, 4.69) is 15.5 Å². The van der Waals surface area contributed by atoms with Gasteiger partial charge in [0.15, 0.2) is 0 Å². The fourth-order valence-electron chi connectivity index (χ4n) is 1.21. The summed E-state index contributed by atoms with van der Waals surface area (Å²) in [5.74, 6) is 0. The van der Waals surface area contributed by atoms with Crippen LogP contribution in [0.1, 0.15) is 32.2 Å². The molecule has 1 unspecified atom stereocenters. The van der Waals surface area contributed by atoms with Gasteiger partial charge in [0.2, 0.25) is 0 Å². The lowest BCUT2D eigenvalue weighted by Crippen LogP contribution is -2.36. The predicted octanol–water partition coefficient (Wildman–Crippen LogP) is 1.21. The second-order valence-corrected chi connectivity index (χ2v) is 5.06. The van der Waals surface area contributed by atoms with E-state index < -0.39 is 0 Å². The topological polar surface area (TPSA) is 60.9 Å². The Morgan fingerprint density at radius 2 is 2.20 bits per heavy atom. The number of nitrogens with zero attached hydrogens (tertiary/aromatic N) is 1. The van der Waals surface area contributed by atoms with Crippen molar-refractivity contribution in [3.05, 3.63) is 17.5 Å². The van der Waals surface area contributed by atoms with Gasteiger partial charge in [-0.1, -0.05) is 20.8 Å². The van der Waals surface area contributed by atoms with Crippen LogP contribution >= 0.6 is 0 Å². The Morgan fingerprint density at radius 3 is 2.67 bits per heavy atom. The number of H-pyrrole nitrogens is 1. The molecule has 15 heavy (non-hydrogen) atoms. The third-order valence-corrected chi connectivity index (χ3v) is 2.40. The van der Waals surface area contributed by atoms with E-state index in [0.29, 0.717) is 13.1 Å². The summed E-state index contributed by atoms with van der Waals surface area (Å²) >= 11 is 0. The maximum atomic E-state index is 9.78.